The maximum absolute atomic E-state index is 10.5. The minimum atomic E-state index is -3.31. The van der Waals surface area contributed by atoms with Gasteiger partial charge >= 0.3 is 0 Å². The molecule has 0 saturated heterocycles. The zero-order valence-electron chi connectivity index (χ0n) is 5.46. The molecule has 0 N–H and O–H groups in total. The van der Waals surface area contributed by atoms with Crippen LogP contribution in [-0.2, 0) is 19.0 Å². The Morgan fingerprint density at radius 3 is 2.33 bits per heavy atom. The number of rotatable bonds is 4. The molecule has 0 aliphatic heterocycles. The highest BCUT2D eigenvalue weighted by molar-refractivity contribution is 7.86. The smallest absolute Gasteiger partial charge is 0.269 e. The van der Waals surface area contributed by atoms with Crippen molar-refractivity contribution in [1.82, 2.24) is 0 Å². The molecule has 0 aromatic rings. The summed E-state index contributed by atoms with van der Waals surface area (Å²) in [6, 6.07) is 0. The van der Waals surface area contributed by atoms with E-state index < -0.39 is 10.1 Å². The summed E-state index contributed by atoms with van der Waals surface area (Å²) in [6.07, 6.45) is 0. The molecule has 0 aliphatic rings. The molecule has 0 amide bonds. The molecule has 4 nitrogen and oxygen atoms in total. The minimum absolute atomic E-state index is 0.0175. The molecule has 0 aromatic heterocycles. The molecule has 0 fully saturated rings. The monoisotopic (exact) mass is 154 g/mol. The predicted molar refractivity (Wildman–Crippen MR) is 32.4 cm³/mol. The second-order valence-corrected chi connectivity index (χ2v) is 3.30. The predicted octanol–water partition coefficient (Wildman–Crippen LogP) is -0.0434. The maximum Gasteiger partial charge on any atom is 0.269 e. The normalized spacial score (nSPS) is 11.8. The Labute approximate surface area is 54.9 Å². The number of ether oxygens (including phenoxy) is 1. The summed E-state index contributed by atoms with van der Waals surface area (Å²) in [5, 5.41) is 0. The van der Waals surface area contributed by atoms with Crippen molar-refractivity contribution in [2.24, 2.45) is 0 Å². The van der Waals surface area contributed by atoms with E-state index in [2.05, 4.69) is 8.92 Å². The third-order valence-corrected chi connectivity index (χ3v) is 1.86. The lowest BCUT2D eigenvalue weighted by Crippen LogP contribution is -2.09. The third kappa shape index (κ3) is 4.38. The van der Waals surface area contributed by atoms with Crippen LogP contribution in [0, 0.1) is 0 Å². The van der Waals surface area contributed by atoms with Gasteiger partial charge in [-0.3, -0.25) is 0 Å². The number of hydrogen-bond donors (Lipinski definition) is 0. The molecule has 0 aromatic carbocycles. The van der Waals surface area contributed by atoms with E-state index in [0.717, 1.165) is 0 Å². The fourth-order valence-electron chi connectivity index (χ4n) is 0.205. The molecular weight excluding hydrogens is 144 g/mol. The van der Waals surface area contributed by atoms with Gasteiger partial charge in [0.2, 0.25) is 0 Å². The summed E-state index contributed by atoms with van der Waals surface area (Å²) in [7, 11) is -1.94. The molecule has 0 atom stereocenters. The number of methoxy groups -OCH3 is 1. The van der Waals surface area contributed by atoms with Crippen molar-refractivity contribution in [3.63, 3.8) is 0 Å². The first-order valence-electron chi connectivity index (χ1n) is 2.48. The van der Waals surface area contributed by atoms with Crippen molar-refractivity contribution in [2.75, 3.05) is 19.7 Å². The molecule has 0 aliphatic carbocycles. The Balaban J connectivity index is 3.61. The Kier molecular flexibility index (Phi) is 3.76. The van der Waals surface area contributed by atoms with E-state index >= 15 is 0 Å². The molecule has 5 heteroatoms. The number of hydrogen-bond acceptors (Lipinski definition) is 4. The highest BCUT2D eigenvalue weighted by atomic mass is 32.2. The van der Waals surface area contributed by atoms with E-state index in [-0.39, 0.29) is 12.5 Å². The van der Waals surface area contributed by atoms with E-state index in [1.807, 2.05) is 0 Å². The second-order valence-electron chi connectivity index (χ2n) is 1.37. The molecule has 0 bridgehead atoms. The molecule has 9 heavy (non-hydrogen) atoms. The van der Waals surface area contributed by atoms with Crippen molar-refractivity contribution < 1.29 is 17.3 Å². The van der Waals surface area contributed by atoms with Crippen molar-refractivity contribution in [3.8, 4) is 0 Å². The van der Waals surface area contributed by atoms with Crippen LogP contribution in [-0.4, -0.2) is 28.1 Å². The van der Waals surface area contributed by atoms with Gasteiger partial charge < -0.3 is 4.74 Å². The van der Waals surface area contributed by atoms with Crippen LogP contribution >= 0.6 is 0 Å². The Morgan fingerprint density at radius 1 is 1.44 bits per heavy atom. The molecule has 0 heterocycles. The lowest BCUT2D eigenvalue weighted by atomic mass is 11.0. The molecule has 0 unspecified atom stereocenters. The Bertz CT molecular complexity index is 148. The highest BCUT2D eigenvalue weighted by Gasteiger charge is 2.04. The fraction of sp³-hybridized carbons (Fsp3) is 1.00. The van der Waals surface area contributed by atoms with Gasteiger partial charge in [-0.15, -0.1) is 0 Å². The van der Waals surface area contributed by atoms with Gasteiger partial charge in [0, 0.05) is 7.11 Å². The second kappa shape index (κ2) is 3.81. The first-order chi connectivity index (χ1) is 4.12. The van der Waals surface area contributed by atoms with Gasteiger partial charge in [-0.05, 0) is 6.92 Å². The largest absolute Gasteiger partial charge is 0.357 e. The quantitative estimate of drug-likeness (QED) is 0.421. The zero-order valence-corrected chi connectivity index (χ0v) is 6.27. The standard InChI is InChI=1S/C4H10O4S/c1-3-9(5,6)8-4-7-2/h3-4H2,1-2H3. The average Bonchev–Trinajstić information content (AvgIpc) is 1.84. The van der Waals surface area contributed by atoms with Gasteiger partial charge in [-0.25, -0.2) is 4.18 Å². The lowest BCUT2D eigenvalue weighted by molar-refractivity contribution is 0.0563. The van der Waals surface area contributed by atoms with Crippen molar-refractivity contribution in [1.29, 1.82) is 0 Å². The molecule has 0 radical (unpaired) electrons. The molecule has 0 rings (SSSR count). The summed E-state index contributed by atoms with van der Waals surface area (Å²) in [5.41, 5.74) is 0. The van der Waals surface area contributed by atoms with Crippen molar-refractivity contribution in [2.45, 2.75) is 6.92 Å². The minimum Gasteiger partial charge on any atom is -0.357 e. The molecule has 56 valence electrons. The summed E-state index contributed by atoms with van der Waals surface area (Å²) >= 11 is 0. The summed E-state index contributed by atoms with van der Waals surface area (Å²) in [4.78, 5) is 0. The van der Waals surface area contributed by atoms with E-state index in [1.165, 1.54) is 14.0 Å². The SMILES string of the molecule is CCS(=O)(=O)OCOC. The third-order valence-electron chi connectivity index (χ3n) is 0.699. The van der Waals surface area contributed by atoms with Gasteiger partial charge in [0.1, 0.15) is 0 Å². The first kappa shape index (κ1) is 8.87. The maximum atomic E-state index is 10.5. The van der Waals surface area contributed by atoms with Crippen LogP contribution in [0.25, 0.3) is 0 Å². The van der Waals surface area contributed by atoms with E-state index in [0.29, 0.717) is 0 Å². The molecular formula is C4H10O4S. The summed E-state index contributed by atoms with van der Waals surface area (Å²) in [6.45, 7) is 1.31. The van der Waals surface area contributed by atoms with Gasteiger partial charge in [0.15, 0.2) is 6.79 Å². The van der Waals surface area contributed by atoms with Crippen LogP contribution in [0.5, 0.6) is 0 Å². The Hall–Kier alpha value is -0.130. The van der Waals surface area contributed by atoms with Crippen molar-refractivity contribution >= 4 is 10.1 Å². The molecule has 0 spiro atoms. The first-order valence-corrected chi connectivity index (χ1v) is 4.06. The van der Waals surface area contributed by atoms with Crippen LogP contribution < -0.4 is 0 Å². The van der Waals surface area contributed by atoms with Crippen molar-refractivity contribution in [3.05, 3.63) is 0 Å². The van der Waals surface area contributed by atoms with E-state index in [4.69, 9.17) is 0 Å². The van der Waals surface area contributed by atoms with Gasteiger partial charge in [-0.1, -0.05) is 0 Å². The van der Waals surface area contributed by atoms with Crippen LogP contribution in [0.3, 0.4) is 0 Å². The van der Waals surface area contributed by atoms with Gasteiger partial charge in [-0.2, -0.15) is 8.42 Å². The van der Waals surface area contributed by atoms with Gasteiger partial charge in [0.05, 0.1) is 5.75 Å². The van der Waals surface area contributed by atoms with Gasteiger partial charge in [0.25, 0.3) is 10.1 Å². The summed E-state index contributed by atoms with van der Waals surface area (Å²) < 4.78 is 29.6. The van der Waals surface area contributed by atoms with E-state index in [1.54, 1.807) is 0 Å². The topological polar surface area (TPSA) is 52.6 Å². The van der Waals surface area contributed by atoms with Crippen LogP contribution in [0.4, 0.5) is 0 Å². The summed E-state index contributed by atoms with van der Waals surface area (Å²) in [5.74, 6) is -0.0175. The van der Waals surface area contributed by atoms with E-state index in [9.17, 15) is 8.42 Å². The lowest BCUT2D eigenvalue weighted by Gasteiger charge is -1.98. The van der Waals surface area contributed by atoms with Crippen LogP contribution in [0.15, 0.2) is 0 Å². The Morgan fingerprint density at radius 2 is 2.00 bits per heavy atom. The van der Waals surface area contributed by atoms with Crippen LogP contribution in [0.2, 0.25) is 0 Å². The van der Waals surface area contributed by atoms with Crippen LogP contribution in [0.1, 0.15) is 6.92 Å². The fourth-order valence-corrected chi connectivity index (χ4v) is 0.614. The molecule has 0 saturated carbocycles. The highest BCUT2D eigenvalue weighted by Crippen LogP contribution is 1.90. The average molecular weight is 154 g/mol. The zero-order chi connectivity index (χ0) is 7.33.